The Labute approximate surface area is 200 Å². The van der Waals surface area contributed by atoms with E-state index in [9.17, 15) is 4.79 Å². The molecule has 1 N–H and O–H groups in total. The Bertz CT molecular complexity index is 1290. The first-order valence-corrected chi connectivity index (χ1v) is 11.9. The van der Waals surface area contributed by atoms with Crippen molar-refractivity contribution in [3.05, 3.63) is 106 Å². The summed E-state index contributed by atoms with van der Waals surface area (Å²) in [5, 5.41) is 9.06. The van der Waals surface area contributed by atoms with E-state index >= 15 is 0 Å². The molecule has 4 rings (SSSR count). The smallest absolute Gasteiger partial charge is 0.335 e. The van der Waals surface area contributed by atoms with Crippen molar-refractivity contribution in [2.24, 2.45) is 0 Å². The number of thioether (sulfide) groups is 1. The molecule has 3 heteroatoms. The molecule has 0 unspecified atom stereocenters. The highest BCUT2D eigenvalue weighted by molar-refractivity contribution is 8.01. The zero-order valence-corrected chi connectivity index (χ0v) is 20.5. The average molecular weight is 453 g/mol. The van der Waals surface area contributed by atoms with Crippen molar-refractivity contribution in [2.45, 2.75) is 49.7 Å². The molecule has 0 radical (unpaired) electrons. The van der Waals surface area contributed by atoms with Crippen molar-refractivity contribution < 1.29 is 9.90 Å². The molecule has 1 aliphatic rings. The molecule has 33 heavy (non-hydrogen) atoms. The van der Waals surface area contributed by atoms with Crippen LogP contribution in [0.4, 0.5) is 0 Å². The quantitative estimate of drug-likeness (QED) is 0.412. The molecule has 0 bridgehead atoms. The zero-order valence-electron chi connectivity index (χ0n) is 19.7. The molecular weight excluding hydrogens is 424 g/mol. The third-order valence-electron chi connectivity index (χ3n) is 5.68. The maximum atomic E-state index is 11.0. The second-order valence-corrected chi connectivity index (χ2v) is 11.6. The molecule has 0 fully saturated rings. The van der Waals surface area contributed by atoms with Gasteiger partial charge in [-0.1, -0.05) is 63.0 Å². The molecule has 0 saturated heterocycles. The van der Waals surface area contributed by atoms with Gasteiger partial charge >= 0.3 is 5.97 Å². The molecule has 3 aromatic carbocycles. The maximum absolute atomic E-state index is 11.0. The van der Waals surface area contributed by atoms with E-state index in [1.54, 1.807) is 24.3 Å². The summed E-state index contributed by atoms with van der Waals surface area (Å²) >= 11 is 1.87. The van der Waals surface area contributed by atoms with Gasteiger partial charge in [0.2, 0.25) is 0 Å². The first kappa shape index (κ1) is 23.0. The minimum Gasteiger partial charge on any atom is -0.478 e. The van der Waals surface area contributed by atoms with Gasteiger partial charge in [0.1, 0.15) is 0 Å². The third-order valence-corrected chi connectivity index (χ3v) is 6.90. The van der Waals surface area contributed by atoms with Gasteiger partial charge in [-0.15, -0.1) is 11.8 Å². The van der Waals surface area contributed by atoms with Crippen LogP contribution in [0, 0.1) is 11.8 Å². The Morgan fingerprint density at radius 1 is 0.879 bits per heavy atom. The van der Waals surface area contributed by atoms with E-state index in [0.29, 0.717) is 0 Å². The summed E-state index contributed by atoms with van der Waals surface area (Å²) in [5.74, 6) is 5.48. The van der Waals surface area contributed by atoms with Crippen LogP contribution in [0.1, 0.15) is 72.8 Å². The molecule has 1 heterocycles. The van der Waals surface area contributed by atoms with E-state index < -0.39 is 5.97 Å². The van der Waals surface area contributed by atoms with Crippen LogP contribution in [0.15, 0.2) is 77.7 Å². The summed E-state index contributed by atoms with van der Waals surface area (Å²) in [6.45, 7) is 11.2. The minimum absolute atomic E-state index is 0.00408. The highest BCUT2D eigenvalue weighted by Gasteiger charge is 2.27. The Morgan fingerprint density at radius 3 is 2.09 bits per heavy atom. The van der Waals surface area contributed by atoms with Crippen LogP contribution >= 0.6 is 11.8 Å². The fourth-order valence-electron chi connectivity index (χ4n) is 3.87. The van der Waals surface area contributed by atoms with E-state index in [1.807, 2.05) is 11.8 Å². The molecule has 0 aromatic heterocycles. The number of rotatable bonds is 2. The van der Waals surface area contributed by atoms with Crippen LogP contribution in [0.3, 0.4) is 0 Å². The fraction of sp³-hybridized carbons (Fsp3) is 0.233. The molecule has 166 valence electrons. The number of fused-ring (bicyclic) bond motifs is 1. The lowest BCUT2D eigenvalue weighted by Gasteiger charge is -2.30. The molecule has 3 aromatic rings. The minimum atomic E-state index is -0.931. The SMILES string of the molecule is CC1(C)C=C(c2ccc(C(C)(C)C)cc2)c2cc(C#Cc3ccc(C(=O)O)cc3)ccc2S1. The van der Waals surface area contributed by atoms with Gasteiger partial charge in [0.25, 0.3) is 0 Å². The molecule has 0 atom stereocenters. The van der Waals surface area contributed by atoms with Crippen LogP contribution < -0.4 is 0 Å². The summed E-state index contributed by atoms with van der Waals surface area (Å²) in [4.78, 5) is 12.3. The summed E-state index contributed by atoms with van der Waals surface area (Å²) in [6, 6.07) is 22.0. The van der Waals surface area contributed by atoms with Crippen LogP contribution in [0.5, 0.6) is 0 Å². The number of carbonyl (C=O) groups is 1. The van der Waals surface area contributed by atoms with E-state index in [1.165, 1.54) is 27.2 Å². The number of hydrogen-bond acceptors (Lipinski definition) is 2. The van der Waals surface area contributed by atoms with E-state index in [2.05, 4.69) is 95.0 Å². The van der Waals surface area contributed by atoms with Gasteiger partial charge in [0, 0.05) is 20.8 Å². The van der Waals surface area contributed by atoms with Gasteiger partial charge in [-0.3, -0.25) is 0 Å². The van der Waals surface area contributed by atoms with Crippen molar-refractivity contribution in [1.29, 1.82) is 0 Å². The summed E-state index contributed by atoms with van der Waals surface area (Å²) < 4.78 is 0.00408. The molecule has 0 saturated carbocycles. The summed E-state index contributed by atoms with van der Waals surface area (Å²) in [7, 11) is 0. The molecule has 0 amide bonds. The Balaban J connectivity index is 1.70. The Kier molecular flexibility index (Phi) is 5.99. The van der Waals surface area contributed by atoms with Crippen molar-refractivity contribution in [3.63, 3.8) is 0 Å². The summed E-state index contributed by atoms with van der Waals surface area (Å²) in [5.41, 5.74) is 7.10. The topological polar surface area (TPSA) is 37.3 Å². The number of carboxylic acid groups (broad SMARTS) is 1. The predicted molar refractivity (Wildman–Crippen MR) is 138 cm³/mol. The van der Waals surface area contributed by atoms with Crippen LogP contribution in [-0.4, -0.2) is 15.8 Å². The normalized spacial score (nSPS) is 14.5. The standard InChI is InChI=1S/C30H28O2S/c1-29(2,3)24-15-13-22(14-16-24)26-19-30(4,5)33-27-17-10-21(18-25(26)27)7-6-20-8-11-23(12-9-20)28(31)32/h8-19H,1-5H3,(H,31,32). The maximum Gasteiger partial charge on any atom is 0.335 e. The van der Waals surface area contributed by atoms with Crippen LogP contribution in [-0.2, 0) is 5.41 Å². The zero-order chi connectivity index (χ0) is 23.8. The monoisotopic (exact) mass is 452 g/mol. The van der Waals surface area contributed by atoms with Gasteiger partial charge in [-0.2, -0.15) is 0 Å². The van der Waals surface area contributed by atoms with Crippen molar-refractivity contribution in [3.8, 4) is 11.8 Å². The molecule has 1 aliphatic heterocycles. The fourth-order valence-corrected chi connectivity index (χ4v) is 5.03. The number of hydrogen-bond donors (Lipinski definition) is 1. The lowest BCUT2D eigenvalue weighted by Crippen LogP contribution is -2.16. The van der Waals surface area contributed by atoms with Crippen molar-refractivity contribution in [2.75, 3.05) is 0 Å². The molecule has 0 spiro atoms. The lowest BCUT2D eigenvalue weighted by molar-refractivity contribution is 0.0697. The average Bonchev–Trinajstić information content (AvgIpc) is 2.76. The molecular formula is C30H28O2S. The molecule has 0 aliphatic carbocycles. The van der Waals surface area contributed by atoms with E-state index in [-0.39, 0.29) is 15.7 Å². The third kappa shape index (κ3) is 5.24. The number of carboxylic acids is 1. The first-order chi connectivity index (χ1) is 15.5. The lowest BCUT2D eigenvalue weighted by atomic mass is 9.85. The van der Waals surface area contributed by atoms with Crippen LogP contribution in [0.25, 0.3) is 5.57 Å². The first-order valence-electron chi connectivity index (χ1n) is 11.0. The summed E-state index contributed by atoms with van der Waals surface area (Å²) in [6.07, 6.45) is 2.36. The van der Waals surface area contributed by atoms with E-state index in [0.717, 1.165) is 11.1 Å². The second kappa shape index (κ2) is 8.61. The van der Waals surface area contributed by atoms with Crippen LogP contribution in [0.2, 0.25) is 0 Å². The van der Waals surface area contributed by atoms with Gasteiger partial charge in [-0.05, 0) is 84.0 Å². The molecule has 2 nitrogen and oxygen atoms in total. The van der Waals surface area contributed by atoms with Crippen molar-refractivity contribution >= 4 is 23.3 Å². The second-order valence-electron chi connectivity index (χ2n) is 9.93. The van der Waals surface area contributed by atoms with Gasteiger partial charge < -0.3 is 5.11 Å². The van der Waals surface area contributed by atoms with Crippen molar-refractivity contribution in [1.82, 2.24) is 0 Å². The van der Waals surface area contributed by atoms with Gasteiger partial charge in [-0.25, -0.2) is 4.79 Å². The van der Waals surface area contributed by atoms with Gasteiger partial charge in [0.15, 0.2) is 0 Å². The van der Waals surface area contributed by atoms with E-state index in [4.69, 9.17) is 5.11 Å². The Morgan fingerprint density at radius 2 is 1.48 bits per heavy atom. The Hall–Kier alpha value is -3.22. The predicted octanol–water partition coefficient (Wildman–Crippen LogP) is 7.40. The number of aromatic carboxylic acids is 1. The highest BCUT2D eigenvalue weighted by Crippen LogP contribution is 2.46. The largest absolute Gasteiger partial charge is 0.478 e. The highest BCUT2D eigenvalue weighted by atomic mass is 32.2. The number of benzene rings is 3. The van der Waals surface area contributed by atoms with Gasteiger partial charge in [0.05, 0.1) is 5.56 Å².